The highest BCUT2D eigenvalue weighted by Crippen LogP contribution is 2.28. The summed E-state index contributed by atoms with van der Waals surface area (Å²) in [6.07, 6.45) is 6.72. The fourth-order valence-electron chi connectivity index (χ4n) is 5.96. The highest BCUT2D eigenvalue weighted by Gasteiger charge is 2.09. The molecule has 0 amide bonds. The molecule has 4 aromatic rings. The van der Waals surface area contributed by atoms with Crippen LogP contribution in [-0.2, 0) is 0 Å². The first kappa shape index (κ1) is 33.4. The third-order valence-electron chi connectivity index (χ3n) is 8.71. The standard InChI is InChI=1S/C42H51N3/c1-8-43(9-2)38-27-21-35(22-28-38)41(34-19-17-33(7)18-20-34)15-14-16-42(36-23-29-39(30-24-36)44(10-3)11-4)37-25-31-40(32-26-37)45(12-5)13-6/h14-32H,7-13H2,1-6H3/b15-14+. The number of hydrogen-bond donors (Lipinski definition) is 0. The Morgan fingerprint density at radius 2 is 0.844 bits per heavy atom. The predicted molar refractivity (Wildman–Crippen MR) is 200 cm³/mol. The summed E-state index contributed by atoms with van der Waals surface area (Å²) >= 11 is 0. The Hall–Kier alpha value is -4.50. The number of hydrogen-bond acceptors (Lipinski definition) is 3. The largest absolute Gasteiger partial charge is 0.372 e. The van der Waals surface area contributed by atoms with E-state index in [9.17, 15) is 0 Å². The summed E-state index contributed by atoms with van der Waals surface area (Å²) in [6.45, 7) is 23.3. The van der Waals surface area contributed by atoms with Crippen LogP contribution in [0, 0.1) is 0 Å². The lowest BCUT2D eigenvalue weighted by molar-refractivity contribution is 0.866. The highest BCUT2D eigenvalue weighted by atomic mass is 15.1. The summed E-state index contributed by atoms with van der Waals surface area (Å²) in [6, 6.07) is 35.5. The van der Waals surface area contributed by atoms with E-state index in [1.165, 1.54) is 50.1 Å². The molecule has 45 heavy (non-hydrogen) atoms. The predicted octanol–water partition coefficient (Wildman–Crippen LogP) is 8.52. The third kappa shape index (κ3) is 8.36. The lowest BCUT2D eigenvalue weighted by Gasteiger charge is -2.22. The lowest BCUT2D eigenvalue weighted by atomic mass is 9.96. The molecule has 0 radical (unpaired) electrons. The molecule has 3 nitrogen and oxygen atoms in total. The minimum absolute atomic E-state index is 0.997. The molecule has 0 aromatic heterocycles. The molecule has 0 unspecified atom stereocenters. The number of nitrogens with zero attached hydrogens (tertiary/aromatic N) is 3. The van der Waals surface area contributed by atoms with Crippen molar-refractivity contribution in [3.05, 3.63) is 142 Å². The summed E-state index contributed by atoms with van der Waals surface area (Å²) in [5.74, 6) is 0. The molecule has 0 aliphatic heterocycles. The number of benzene rings is 4. The third-order valence-corrected chi connectivity index (χ3v) is 8.71. The topological polar surface area (TPSA) is 9.72 Å². The van der Waals surface area contributed by atoms with E-state index in [0.717, 1.165) is 44.5 Å². The van der Waals surface area contributed by atoms with E-state index in [0.29, 0.717) is 0 Å². The maximum absolute atomic E-state index is 4.10. The molecule has 234 valence electrons. The molecule has 0 saturated carbocycles. The van der Waals surface area contributed by atoms with Crippen LogP contribution in [0.2, 0.25) is 0 Å². The highest BCUT2D eigenvalue weighted by molar-refractivity contribution is 5.83. The first-order valence-corrected chi connectivity index (χ1v) is 16.7. The zero-order valence-corrected chi connectivity index (χ0v) is 28.3. The summed E-state index contributed by atoms with van der Waals surface area (Å²) in [5, 5.41) is 2.19. The molecular weight excluding hydrogens is 546 g/mol. The smallest absolute Gasteiger partial charge is 0.0366 e. The Balaban J connectivity index is 1.80. The average Bonchev–Trinajstić information content (AvgIpc) is 3.08. The van der Waals surface area contributed by atoms with Crippen LogP contribution in [0.5, 0.6) is 0 Å². The van der Waals surface area contributed by atoms with E-state index in [1.54, 1.807) is 0 Å². The van der Waals surface area contributed by atoms with Gasteiger partial charge in [0.1, 0.15) is 0 Å². The van der Waals surface area contributed by atoms with Crippen molar-refractivity contribution in [1.29, 1.82) is 0 Å². The van der Waals surface area contributed by atoms with E-state index in [4.69, 9.17) is 0 Å². The van der Waals surface area contributed by atoms with E-state index in [2.05, 4.69) is 178 Å². The quantitative estimate of drug-likeness (QED) is 0.135. The zero-order valence-electron chi connectivity index (χ0n) is 28.3. The summed E-state index contributed by atoms with van der Waals surface area (Å²) in [7, 11) is 0. The molecular formula is C42H51N3. The molecule has 0 atom stereocenters. The number of allylic oxidation sites excluding steroid dienone is 3. The minimum atomic E-state index is 0.997. The maximum atomic E-state index is 4.10. The lowest BCUT2D eigenvalue weighted by Crippen LogP contribution is -2.21. The molecule has 0 fully saturated rings. The van der Waals surface area contributed by atoms with Crippen LogP contribution in [0.15, 0.2) is 115 Å². The van der Waals surface area contributed by atoms with Crippen LogP contribution >= 0.6 is 0 Å². The van der Waals surface area contributed by atoms with Gasteiger partial charge in [-0.25, -0.2) is 0 Å². The SMILES string of the molecule is C=c1ccc(=C(/C=C/C=C(c2ccc(N(CC)CC)cc2)c2ccc(N(CC)CC)cc2)c2ccc(N(CC)CC)cc2)cc1. The van der Waals surface area contributed by atoms with Crippen molar-refractivity contribution < 1.29 is 0 Å². The van der Waals surface area contributed by atoms with E-state index < -0.39 is 0 Å². The molecule has 0 aliphatic carbocycles. The van der Waals surface area contributed by atoms with Gasteiger partial charge in [0.25, 0.3) is 0 Å². The second kappa shape index (κ2) is 16.5. The Morgan fingerprint density at radius 3 is 1.20 bits per heavy atom. The van der Waals surface area contributed by atoms with Gasteiger partial charge in [-0.1, -0.05) is 85.5 Å². The van der Waals surface area contributed by atoms with Crippen molar-refractivity contribution in [1.82, 2.24) is 0 Å². The van der Waals surface area contributed by atoms with E-state index in [-0.39, 0.29) is 0 Å². The molecule has 4 rings (SSSR count). The van der Waals surface area contributed by atoms with E-state index >= 15 is 0 Å². The average molecular weight is 598 g/mol. The van der Waals surface area contributed by atoms with Gasteiger partial charge >= 0.3 is 0 Å². The van der Waals surface area contributed by atoms with Crippen molar-refractivity contribution in [2.75, 3.05) is 54.0 Å². The van der Waals surface area contributed by atoms with Gasteiger partial charge in [0.05, 0.1) is 0 Å². The molecule has 0 N–H and O–H groups in total. The van der Waals surface area contributed by atoms with Gasteiger partial charge in [-0.05, 0) is 116 Å². The van der Waals surface area contributed by atoms with Gasteiger partial charge in [-0.15, -0.1) is 0 Å². The molecule has 0 heterocycles. The van der Waals surface area contributed by atoms with Crippen molar-refractivity contribution in [2.45, 2.75) is 41.5 Å². The van der Waals surface area contributed by atoms with Crippen molar-refractivity contribution in [3.8, 4) is 0 Å². The van der Waals surface area contributed by atoms with Crippen molar-refractivity contribution in [2.24, 2.45) is 0 Å². The minimum Gasteiger partial charge on any atom is -0.372 e. The van der Waals surface area contributed by atoms with Gasteiger partial charge in [0.2, 0.25) is 0 Å². The monoisotopic (exact) mass is 597 g/mol. The maximum Gasteiger partial charge on any atom is 0.0366 e. The Morgan fingerprint density at radius 1 is 0.489 bits per heavy atom. The van der Waals surface area contributed by atoms with Crippen LogP contribution in [0.3, 0.4) is 0 Å². The summed E-state index contributed by atoms with van der Waals surface area (Å²) < 4.78 is 0. The Labute approximate surface area is 272 Å². The number of rotatable bonds is 14. The van der Waals surface area contributed by atoms with Gasteiger partial charge in [-0.2, -0.15) is 0 Å². The van der Waals surface area contributed by atoms with Crippen LogP contribution in [0.4, 0.5) is 17.1 Å². The fraction of sp³-hybridized carbons (Fsp3) is 0.286. The second-order valence-corrected chi connectivity index (χ2v) is 11.2. The Bertz CT molecular complexity index is 1570. The van der Waals surface area contributed by atoms with Gasteiger partial charge in [-0.3, -0.25) is 0 Å². The van der Waals surface area contributed by atoms with Crippen LogP contribution in [0.25, 0.3) is 17.7 Å². The number of anilines is 3. The van der Waals surface area contributed by atoms with Crippen LogP contribution in [-0.4, -0.2) is 39.3 Å². The van der Waals surface area contributed by atoms with Crippen LogP contribution in [0.1, 0.15) is 58.2 Å². The molecule has 0 spiro atoms. The Kier molecular flexibility index (Phi) is 12.3. The first-order valence-electron chi connectivity index (χ1n) is 16.7. The second-order valence-electron chi connectivity index (χ2n) is 11.2. The molecule has 3 heteroatoms. The van der Waals surface area contributed by atoms with E-state index in [1.807, 2.05) is 0 Å². The fourth-order valence-corrected chi connectivity index (χ4v) is 5.96. The first-order chi connectivity index (χ1) is 22.0. The van der Waals surface area contributed by atoms with Gasteiger partial charge in [0, 0.05) is 56.3 Å². The normalized spacial score (nSPS) is 11.0. The van der Waals surface area contributed by atoms with Crippen LogP contribution < -0.4 is 25.1 Å². The van der Waals surface area contributed by atoms with Crippen molar-refractivity contribution in [3.63, 3.8) is 0 Å². The van der Waals surface area contributed by atoms with Crippen molar-refractivity contribution >= 4 is 34.8 Å². The molecule has 4 aromatic carbocycles. The summed E-state index contributed by atoms with van der Waals surface area (Å²) in [5.41, 5.74) is 9.76. The molecule has 0 saturated heterocycles. The molecule has 0 aliphatic rings. The van der Waals surface area contributed by atoms with Gasteiger partial charge < -0.3 is 14.7 Å². The van der Waals surface area contributed by atoms with Gasteiger partial charge in [0.15, 0.2) is 0 Å². The molecule has 0 bridgehead atoms. The zero-order chi connectivity index (χ0) is 32.2. The summed E-state index contributed by atoms with van der Waals surface area (Å²) in [4.78, 5) is 7.15.